The number of fused-ring (bicyclic) bond motifs is 3. The summed E-state index contributed by atoms with van der Waals surface area (Å²) in [5.41, 5.74) is 1.79. The van der Waals surface area contributed by atoms with Crippen LogP contribution in [0.25, 0.3) is 0 Å². The number of hydrogen-bond acceptors (Lipinski definition) is 4. The Morgan fingerprint density at radius 3 is 2.75 bits per heavy atom. The van der Waals surface area contributed by atoms with Gasteiger partial charge in [-0.25, -0.2) is 0 Å². The van der Waals surface area contributed by atoms with Crippen LogP contribution in [0.15, 0.2) is 12.1 Å². The van der Waals surface area contributed by atoms with Gasteiger partial charge in [0.15, 0.2) is 0 Å². The number of ether oxygens (including phenoxy) is 1. The highest BCUT2D eigenvalue weighted by atomic mass is 16.5. The van der Waals surface area contributed by atoms with Crippen LogP contribution in [-0.2, 0) is 10.2 Å². The fourth-order valence-electron chi connectivity index (χ4n) is 5.83. The number of benzene rings is 1. The molecule has 3 aliphatic rings. The van der Waals surface area contributed by atoms with Crippen molar-refractivity contribution in [3.63, 3.8) is 0 Å². The molecular weight excluding hydrogens is 350 g/mol. The average Bonchev–Trinajstić information content (AvgIpc) is 2.59. The second-order valence-corrected chi connectivity index (χ2v) is 9.61. The van der Waals surface area contributed by atoms with Gasteiger partial charge in [-0.05, 0) is 69.1 Å². The van der Waals surface area contributed by atoms with Crippen LogP contribution in [0.1, 0.15) is 95.1 Å². The zero-order chi connectivity index (χ0) is 19.9. The molecule has 1 aromatic rings. The van der Waals surface area contributed by atoms with Crippen LogP contribution >= 0.6 is 0 Å². The molecule has 0 amide bonds. The Hall–Kier alpha value is -2.02. The van der Waals surface area contributed by atoms with Crippen LogP contribution in [0.5, 0.6) is 11.5 Å². The molecule has 2 aliphatic carbocycles. The Morgan fingerprint density at radius 2 is 2.07 bits per heavy atom. The SMILES string of the molecule is CC1(C)Oc2cc(C3(CCCCC#N)CCC3)cc(O)c2[C@@H]2CC(=O)CC[C@H]21. The highest BCUT2D eigenvalue weighted by Gasteiger charge is 2.48. The fourth-order valence-corrected chi connectivity index (χ4v) is 5.83. The minimum Gasteiger partial charge on any atom is -0.508 e. The lowest BCUT2D eigenvalue weighted by Crippen LogP contribution is -2.47. The summed E-state index contributed by atoms with van der Waals surface area (Å²) in [6.07, 6.45) is 9.08. The monoisotopic (exact) mass is 381 g/mol. The first-order valence-corrected chi connectivity index (χ1v) is 10.8. The number of ketones is 1. The molecule has 0 bridgehead atoms. The number of nitrogens with zero attached hydrogens (tertiary/aromatic N) is 1. The number of phenolic OH excluding ortho intramolecular Hbond substituents is 1. The highest BCUT2D eigenvalue weighted by Crippen LogP contribution is 2.56. The zero-order valence-corrected chi connectivity index (χ0v) is 17.1. The normalized spacial score (nSPS) is 27.0. The number of hydrogen-bond donors (Lipinski definition) is 1. The lowest BCUT2D eigenvalue weighted by Gasteiger charge is -2.48. The number of carbonyl (C=O) groups excluding carboxylic acids is 1. The summed E-state index contributed by atoms with van der Waals surface area (Å²) in [6, 6.07) is 6.32. The first-order chi connectivity index (χ1) is 13.4. The largest absolute Gasteiger partial charge is 0.508 e. The maximum Gasteiger partial charge on any atom is 0.133 e. The summed E-state index contributed by atoms with van der Waals surface area (Å²) in [4.78, 5) is 12.2. The van der Waals surface area contributed by atoms with Gasteiger partial charge in [0.25, 0.3) is 0 Å². The molecule has 2 atom stereocenters. The van der Waals surface area contributed by atoms with E-state index in [0.29, 0.717) is 30.8 Å². The van der Waals surface area contributed by atoms with Gasteiger partial charge in [-0.1, -0.05) is 12.8 Å². The third-order valence-corrected chi connectivity index (χ3v) is 7.54. The summed E-state index contributed by atoms with van der Waals surface area (Å²) >= 11 is 0. The molecule has 4 nitrogen and oxygen atoms in total. The molecule has 0 aromatic heterocycles. The van der Waals surface area contributed by atoms with Crippen molar-refractivity contribution in [2.45, 2.75) is 95.0 Å². The molecule has 0 saturated heterocycles. The quantitative estimate of drug-likeness (QED) is 0.682. The summed E-state index contributed by atoms with van der Waals surface area (Å²) in [5, 5.41) is 19.8. The minimum absolute atomic E-state index is 0.0574. The Bertz CT molecular complexity index is 816. The van der Waals surface area contributed by atoms with E-state index in [4.69, 9.17) is 10.00 Å². The number of carbonyl (C=O) groups is 1. The lowest BCUT2D eigenvalue weighted by molar-refractivity contribution is -0.124. The highest BCUT2D eigenvalue weighted by molar-refractivity contribution is 5.81. The van der Waals surface area contributed by atoms with E-state index >= 15 is 0 Å². The molecule has 1 heterocycles. The van der Waals surface area contributed by atoms with E-state index in [2.05, 4.69) is 26.0 Å². The summed E-state index contributed by atoms with van der Waals surface area (Å²) in [6.45, 7) is 4.24. The topological polar surface area (TPSA) is 70.3 Å². The van der Waals surface area contributed by atoms with Crippen molar-refractivity contribution in [1.29, 1.82) is 5.26 Å². The number of aromatic hydroxyl groups is 1. The molecule has 28 heavy (non-hydrogen) atoms. The number of unbranched alkanes of at least 4 members (excludes halogenated alkanes) is 2. The summed E-state index contributed by atoms with van der Waals surface area (Å²) in [5.74, 6) is 1.69. The van der Waals surface area contributed by atoms with Crippen molar-refractivity contribution < 1.29 is 14.6 Å². The van der Waals surface area contributed by atoms with Crippen LogP contribution in [0.3, 0.4) is 0 Å². The van der Waals surface area contributed by atoms with Crippen LogP contribution in [0.4, 0.5) is 0 Å². The van der Waals surface area contributed by atoms with Gasteiger partial charge in [0.2, 0.25) is 0 Å². The van der Waals surface area contributed by atoms with Crippen molar-refractivity contribution in [3.8, 4) is 17.6 Å². The van der Waals surface area contributed by atoms with Gasteiger partial charge in [-0.3, -0.25) is 4.79 Å². The Kier molecular flexibility index (Phi) is 4.89. The second kappa shape index (κ2) is 7.10. The molecule has 4 rings (SSSR count). The number of rotatable bonds is 5. The molecule has 150 valence electrons. The predicted molar refractivity (Wildman–Crippen MR) is 108 cm³/mol. The van der Waals surface area contributed by atoms with Crippen LogP contribution < -0.4 is 4.74 Å². The lowest BCUT2D eigenvalue weighted by atomic mass is 9.61. The molecule has 2 saturated carbocycles. The van der Waals surface area contributed by atoms with Gasteiger partial charge in [-0.2, -0.15) is 5.26 Å². The van der Waals surface area contributed by atoms with Crippen molar-refractivity contribution in [2.24, 2.45) is 5.92 Å². The first-order valence-electron chi connectivity index (χ1n) is 10.8. The maximum absolute atomic E-state index is 12.2. The molecule has 1 aliphatic heterocycles. The van der Waals surface area contributed by atoms with Crippen LogP contribution in [-0.4, -0.2) is 16.5 Å². The Balaban J connectivity index is 1.68. The number of nitriles is 1. The van der Waals surface area contributed by atoms with Gasteiger partial charge in [0, 0.05) is 36.7 Å². The number of Topliss-reactive ketones (excluding diaryl/α,β-unsaturated/α-hetero) is 1. The van der Waals surface area contributed by atoms with E-state index in [1.807, 2.05) is 6.07 Å². The third-order valence-electron chi connectivity index (χ3n) is 7.54. The van der Waals surface area contributed by atoms with E-state index in [1.165, 1.54) is 12.0 Å². The zero-order valence-electron chi connectivity index (χ0n) is 17.1. The summed E-state index contributed by atoms with van der Waals surface area (Å²) in [7, 11) is 0. The first kappa shape index (κ1) is 19.3. The average molecular weight is 382 g/mol. The standard InChI is InChI=1S/C24H31NO3/c1-23(2)19-8-7-17(26)15-18(19)22-20(27)13-16(14-21(22)28-23)24(10-6-11-24)9-4-3-5-12-25/h13-14,18-19,27H,3-11,15H2,1-2H3/t18-,19-/m1/s1. The molecule has 0 spiro atoms. The number of phenols is 1. The van der Waals surface area contributed by atoms with E-state index in [9.17, 15) is 9.90 Å². The van der Waals surface area contributed by atoms with Crippen molar-refractivity contribution in [3.05, 3.63) is 23.3 Å². The molecule has 4 heteroatoms. The minimum atomic E-state index is -0.330. The Labute approximate surface area is 167 Å². The molecule has 2 fully saturated rings. The smallest absolute Gasteiger partial charge is 0.133 e. The molecule has 1 aromatic carbocycles. The van der Waals surface area contributed by atoms with E-state index in [0.717, 1.165) is 49.8 Å². The van der Waals surface area contributed by atoms with Crippen molar-refractivity contribution >= 4 is 5.78 Å². The molecular formula is C24H31NO3. The summed E-state index contributed by atoms with van der Waals surface area (Å²) < 4.78 is 6.44. The van der Waals surface area contributed by atoms with Crippen LogP contribution in [0.2, 0.25) is 0 Å². The van der Waals surface area contributed by atoms with E-state index < -0.39 is 0 Å². The van der Waals surface area contributed by atoms with Gasteiger partial charge in [0.05, 0.1) is 6.07 Å². The van der Waals surface area contributed by atoms with Crippen molar-refractivity contribution in [2.75, 3.05) is 0 Å². The van der Waals surface area contributed by atoms with Gasteiger partial charge in [-0.15, -0.1) is 0 Å². The molecule has 0 radical (unpaired) electrons. The predicted octanol–water partition coefficient (Wildman–Crippen LogP) is 5.52. The van der Waals surface area contributed by atoms with E-state index in [1.54, 1.807) is 0 Å². The molecule has 1 N–H and O–H groups in total. The fraction of sp³-hybridized carbons (Fsp3) is 0.667. The van der Waals surface area contributed by atoms with Crippen LogP contribution in [0, 0.1) is 17.2 Å². The van der Waals surface area contributed by atoms with Gasteiger partial charge in [0.1, 0.15) is 22.9 Å². The maximum atomic E-state index is 12.2. The second-order valence-electron chi connectivity index (χ2n) is 9.61. The Morgan fingerprint density at radius 1 is 1.29 bits per heavy atom. The van der Waals surface area contributed by atoms with Gasteiger partial charge < -0.3 is 9.84 Å². The van der Waals surface area contributed by atoms with E-state index in [-0.39, 0.29) is 22.9 Å². The molecule has 0 unspecified atom stereocenters. The van der Waals surface area contributed by atoms with Gasteiger partial charge >= 0.3 is 0 Å². The van der Waals surface area contributed by atoms with Crippen molar-refractivity contribution in [1.82, 2.24) is 0 Å². The third kappa shape index (κ3) is 3.19.